The van der Waals surface area contributed by atoms with Crippen LogP contribution in [0.1, 0.15) is 62.3 Å². The molecule has 1 saturated heterocycles. The van der Waals surface area contributed by atoms with E-state index in [-0.39, 0.29) is 11.9 Å². The second-order valence-corrected chi connectivity index (χ2v) is 7.53. The average Bonchev–Trinajstić information content (AvgIpc) is 3.02. The summed E-state index contributed by atoms with van der Waals surface area (Å²) >= 11 is 0. The fraction of sp³-hybridized carbons (Fsp3) is 0.750. The third kappa shape index (κ3) is 4.18. The monoisotopic (exact) mass is 376 g/mol. The molecule has 1 unspecified atom stereocenters. The number of imidazole rings is 1. The maximum atomic E-state index is 13.0. The number of esters is 1. The fourth-order valence-corrected chi connectivity index (χ4v) is 4.42. The molecule has 3 rings (SSSR count). The van der Waals surface area contributed by atoms with Gasteiger partial charge in [-0.3, -0.25) is 9.69 Å². The quantitative estimate of drug-likeness (QED) is 0.736. The van der Waals surface area contributed by atoms with Crippen molar-refractivity contribution in [2.75, 3.05) is 26.7 Å². The highest BCUT2D eigenvalue weighted by Crippen LogP contribution is 2.22. The predicted octanol–water partition coefficient (Wildman–Crippen LogP) is 2.10. The number of carbonyl (C=O) groups excluding carboxylic acids is 2. The van der Waals surface area contributed by atoms with Gasteiger partial charge in [0.05, 0.1) is 7.11 Å². The topological polar surface area (TPSA) is 67.7 Å². The summed E-state index contributed by atoms with van der Waals surface area (Å²) in [6.45, 7) is 7.88. The number of amides is 1. The smallest absolute Gasteiger partial charge is 0.328 e. The van der Waals surface area contributed by atoms with Crippen LogP contribution in [0.4, 0.5) is 0 Å². The van der Waals surface area contributed by atoms with E-state index in [1.54, 1.807) is 4.90 Å². The van der Waals surface area contributed by atoms with E-state index < -0.39 is 6.04 Å². The summed E-state index contributed by atoms with van der Waals surface area (Å²) < 4.78 is 7.01. The van der Waals surface area contributed by atoms with Crippen LogP contribution in [-0.2, 0) is 22.5 Å². The number of fused-ring (bicyclic) bond motifs is 1. The lowest BCUT2D eigenvalue weighted by molar-refractivity contribution is -0.147. The van der Waals surface area contributed by atoms with Crippen LogP contribution in [0.3, 0.4) is 0 Å². The molecule has 7 heteroatoms. The van der Waals surface area contributed by atoms with Gasteiger partial charge < -0.3 is 14.2 Å². The van der Waals surface area contributed by atoms with Gasteiger partial charge in [0.25, 0.3) is 5.91 Å². The molecule has 2 aliphatic heterocycles. The summed E-state index contributed by atoms with van der Waals surface area (Å²) in [6, 6.07) is 0.132. The maximum absolute atomic E-state index is 13.0. The summed E-state index contributed by atoms with van der Waals surface area (Å²) in [5.74, 6) is 0.491. The molecule has 1 atom stereocenters. The van der Waals surface area contributed by atoms with Crippen molar-refractivity contribution in [2.45, 2.75) is 71.0 Å². The number of nitrogens with zero attached hydrogens (tertiary/aromatic N) is 4. The Morgan fingerprint density at radius 1 is 1.19 bits per heavy atom. The van der Waals surface area contributed by atoms with Crippen molar-refractivity contribution in [1.29, 1.82) is 0 Å². The number of carbonyl (C=O) groups is 2. The van der Waals surface area contributed by atoms with Gasteiger partial charge in [-0.25, -0.2) is 9.78 Å². The lowest BCUT2D eigenvalue weighted by Crippen LogP contribution is -2.48. The van der Waals surface area contributed by atoms with Gasteiger partial charge in [-0.05, 0) is 32.1 Å². The average molecular weight is 377 g/mol. The molecule has 0 spiro atoms. The minimum absolute atomic E-state index is 0.150. The van der Waals surface area contributed by atoms with Gasteiger partial charge >= 0.3 is 5.97 Å². The van der Waals surface area contributed by atoms with Crippen LogP contribution in [0, 0.1) is 0 Å². The Morgan fingerprint density at radius 2 is 1.96 bits per heavy atom. The first-order valence-electron chi connectivity index (χ1n) is 10.3. The highest BCUT2D eigenvalue weighted by Gasteiger charge is 2.34. The van der Waals surface area contributed by atoms with Gasteiger partial charge in [-0.1, -0.05) is 13.8 Å². The molecule has 1 aromatic rings. The van der Waals surface area contributed by atoms with Crippen LogP contribution in [0.25, 0.3) is 0 Å². The van der Waals surface area contributed by atoms with E-state index in [0.717, 1.165) is 57.6 Å². The third-order valence-corrected chi connectivity index (χ3v) is 6.02. The molecule has 7 nitrogen and oxygen atoms in total. The van der Waals surface area contributed by atoms with Gasteiger partial charge in [0.1, 0.15) is 17.6 Å². The lowest BCUT2D eigenvalue weighted by Gasteiger charge is -2.33. The van der Waals surface area contributed by atoms with Crippen LogP contribution in [-0.4, -0.2) is 70.1 Å². The zero-order chi connectivity index (χ0) is 19.4. The zero-order valence-electron chi connectivity index (χ0n) is 16.8. The highest BCUT2D eigenvalue weighted by atomic mass is 16.5. The number of hydrogen-bond donors (Lipinski definition) is 0. The van der Waals surface area contributed by atoms with Crippen molar-refractivity contribution in [3.63, 3.8) is 0 Å². The summed E-state index contributed by atoms with van der Waals surface area (Å²) in [6.07, 6.45) is 7.56. The molecule has 0 aliphatic carbocycles. The molecule has 0 bridgehead atoms. The molecule has 27 heavy (non-hydrogen) atoms. The Morgan fingerprint density at radius 3 is 2.67 bits per heavy atom. The van der Waals surface area contributed by atoms with Crippen LogP contribution in [0.15, 0.2) is 6.20 Å². The maximum Gasteiger partial charge on any atom is 0.328 e. The fourth-order valence-electron chi connectivity index (χ4n) is 4.42. The van der Waals surface area contributed by atoms with Crippen LogP contribution >= 0.6 is 0 Å². The van der Waals surface area contributed by atoms with Crippen molar-refractivity contribution >= 4 is 11.9 Å². The van der Waals surface area contributed by atoms with Gasteiger partial charge in [-0.2, -0.15) is 0 Å². The number of methoxy groups -OCH3 is 1. The molecule has 0 radical (unpaired) electrons. The van der Waals surface area contributed by atoms with Gasteiger partial charge in [-0.15, -0.1) is 0 Å². The van der Waals surface area contributed by atoms with Crippen molar-refractivity contribution in [3.05, 3.63) is 17.7 Å². The third-order valence-electron chi connectivity index (χ3n) is 6.02. The number of aromatic nitrogens is 2. The van der Waals surface area contributed by atoms with E-state index in [2.05, 4.69) is 28.3 Å². The van der Waals surface area contributed by atoms with E-state index in [1.807, 2.05) is 6.20 Å². The molecule has 1 fully saturated rings. The lowest BCUT2D eigenvalue weighted by atomic mass is 10.0. The van der Waals surface area contributed by atoms with Crippen LogP contribution < -0.4 is 0 Å². The molecule has 0 N–H and O–H groups in total. The number of likely N-dealkylation sites (tertiary alicyclic amines) is 1. The van der Waals surface area contributed by atoms with Crippen LogP contribution in [0.2, 0.25) is 0 Å². The Hall–Kier alpha value is -1.89. The normalized spacial score (nSPS) is 21.0. The summed E-state index contributed by atoms with van der Waals surface area (Å²) in [4.78, 5) is 33.9. The Bertz CT molecular complexity index is 643. The molecular formula is C20H32N4O3. The largest absolute Gasteiger partial charge is 0.467 e. The first kappa shape index (κ1) is 19.9. The van der Waals surface area contributed by atoms with Crippen molar-refractivity contribution in [2.24, 2.45) is 0 Å². The summed E-state index contributed by atoms with van der Waals surface area (Å²) in [5, 5.41) is 0. The molecular weight excluding hydrogens is 344 g/mol. The first-order valence-corrected chi connectivity index (χ1v) is 10.3. The minimum atomic E-state index is -0.483. The van der Waals surface area contributed by atoms with E-state index in [9.17, 15) is 9.59 Å². The highest BCUT2D eigenvalue weighted by molar-refractivity contribution is 5.95. The molecule has 2 aliphatic rings. The van der Waals surface area contributed by atoms with E-state index >= 15 is 0 Å². The van der Waals surface area contributed by atoms with Crippen molar-refractivity contribution in [1.82, 2.24) is 19.4 Å². The van der Waals surface area contributed by atoms with Gasteiger partial charge in [0.2, 0.25) is 0 Å². The Kier molecular flexibility index (Phi) is 6.52. The summed E-state index contributed by atoms with van der Waals surface area (Å²) in [7, 11) is 1.38. The van der Waals surface area contributed by atoms with E-state index in [1.165, 1.54) is 7.11 Å². The second kappa shape index (κ2) is 8.87. The molecule has 1 aromatic heterocycles. The Balaban J connectivity index is 1.72. The summed E-state index contributed by atoms with van der Waals surface area (Å²) in [5.41, 5.74) is 0.455. The SMILES string of the molecule is CCC(CC)N1CCc2nc(C(=O)N3CCCCC3C(=O)OC)cn2CC1. The molecule has 1 amide bonds. The van der Waals surface area contributed by atoms with Crippen molar-refractivity contribution < 1.29 is 14.3 Å². The molecule has 0 saturated carbocycles. The molecule has 0 aromatic carbocycles. The van der Waals surface area contributed by atoms with Crippen LogP contribution in [0.5, 0.6) is 0 Å². The number of rotatable bonds is 5. The number of ether oxygens (including phenoxy) is 1. The zero-order valence-corrected chi connectivity index (χ0v) is 16.8. The first-order chi connectivity index (χ1) is 13.1. The second-order valence-electron chi connectivity index (χ2n) is 7.53. The Labute approximate surface area is 161 Å². The van der Waals surface area contributed by atoms with Gasteiger partial charge in [0, 0.05) is 44.8 Å². The minimum Gasteiger partial charge on any atom is -0.467 e. The number of hydrogen-bond acceptors (Lipinski definition) is 5. The standard InChI is InChI=1S/C20H32N4O3/c1-4-15(5-2)22-11-9-18-21-16(14-23(18)13-12-22)19(25)24-10-7-6-8-17(24)20(26)27-3/h14-15,17H,4-13H2,1-3H3. The predicted molar refractivity (Wildman–Crippen MR) is 103 cm³/mol. The van der Waals surface area contributed by atoms with E-state index in [4.69, 9.17) is 4.74 Å². The van der Waals surface area contributed by atoms with Crippen molar-refractivity contribution in [3.8, 4) is 0 Å². The number of piperidine rings is 1. The van der Waals surface area contributed by atoms with Gasteiger partial charge in [0.15, 0.2) is 0 Å². The van der Waals surface area contributed by atoms with E-state index in [0.29, 0.717) is 24.7 Å². The molecule has 150 valence electrons. The molecule has 3 heterocycles.